The average molecular weight is 244 g/mol. The van der Waals surface area contributed by atoms with Gasteiger partial charge in [-0.05, 0) is 31.4 Å². The number of hydrogen-bond donors (Lipinski definition) is 1. The summed E-state index contributed by atoms with van der Waals surface area (Å²) < 4.78 is 0. The van der Waals surface area contributed by atoms with E-state index in [9.17, 15) is 0 Å². The second kappa shape index (κ2) is 4.58. The highest BCUT2D eigenvalue weighted by atomic mass is 15.2. The highest BCUT2D eigenvalue weighted by Gasteiger charge is 2.43. The molecule has 2 heteroatoms. The van der Waals surface area contributed by atoms with Crippen LogP contribution in [0.3, 0.4) is 0 Å². The van der Waals surface area contributed by atoms with Crippen LogP contribution in [0.5, 0.6) is 0 Å². The van der Waals surface area contributed by atoms with Gasteiger partial charge in [-0.15, -0.1) is 0 Å². The van der Waals surface area contributed by atoms with Crippen LogP contribution in [0.15, 0.2) is 24.3 Å². The van der Waals surface area contributed by atoms with Crippen LogP contribution < -0.4 is 10.6 Å². The van der Waals surface area contributed by atoms with Gasteiger partial charge in [0, 0.05) is 30.2 Å². The van der Waals surface area contributed by atoms with Gasteiger partial charge in [-0.3, -0.25) is 0 Å². The molecule has 2 nitrogen and oxygen atoms in total. The fourth-order valence-corrected chi connectivity index (χ4v) is 3.71. The summed E-state index contributed by atoms with van der Waals surface area (Å²) >= 11 is 0. The molecule has 1 spiro atoms. The molecule has 1 aliphatic heterocycles. The third-order valence-corrected chi connectivity index (χ3v) is 4.73. The molecular weight excluding hydrogens is 220 g/mol. The highest BCUT2D eigenvalue weighted by Crippen LogP contribution is 2.46. The predicted octanol–water partition coefficient (Wildman–Crippen LogP) is 3.48. The van der Waals surface area contributed by atoms with Crippen LogP contribution in [0.2, 0.25) is 0 Å². The molecule has 2 aliphatic rings. The molecule has 2 N–H and O–H groups in total. The first-order chi connectivity index (χ1) is 8.70. The van der Waals surface area contributed by atoms with Crippen LogP contribution in [0, 0.1) is 5.41 Å². The van der Waals surface area contributed by atoms with Crippen LogP contribution in [0.4, 0.5) is 5.69 Å². The van der Waals surface area contributed by atoms with Gasteiger partial charge in [0.15, 0.2) is 0 Å². The van der Waals surface area contributed by atoms with Gasteiger partial charge in [0.2, 0.25) is 0 Å². The summed E-state index contributed by atoms with van der Waals surface area (Å²) in [4.78, 5) is 2.53. The quantitative estimate of drug-likeness (QED) is 0.863. The zero-order chi connectivity index (χ0) is 12.6. The van der Waals surface area contributed by atoms with E-state index in [1.165, 1.54) is 56.4 Å². The van der Waals surface area contributed by atoms with Crippen molar-refractivity contribution in [1.29, 1.82) is 0 Å². The first-order valence-corrected chi connectivity index (χ1v) is 7.30. The van der Waals surface area contributed by atoms with E-state index in [0.717, 1.165) is 0 Å². The van der Waals surface area contributed by atoms with Crippen molar-refractivity contribution in [1.82, 2.24) is 0 Å². The van der Waals surface area contributed by atoms with Gasteiger partial charge in [0.05, 0.1) is 0 Å². The molecule has 1 saturated heterocycles. The molecule has 1 saturated carbocycles. The fourth-order valence-electron chi connectivity index (χ4n) is 3.71. The Labute approximate surface area is 110 Å². The standard InChI is InChI=1S/C16H24N2/c1-13(17)14-7-3-4-8-15(14)18-11-16(12-18)9-5-2-6-10-16/h3-4,7-8,13H,2,5-6,9-12,17H2,1H3. The molecule has 1 aromatic carbocycles. The van der Waals surface area contributed by atoms with E-state index in [1.807, 2.05) is 0 Å². The van der Waals surface area contributed by atoms with Crippen LogP contribution in [0.1, 0.15) is 50.6 Å². The van der Waals surface area contributed by atoms with Crippen molar-refractivity contribution in [3.05, 3.63) is 29.8 Å². The molecule has 3 rings (SSSR count). The molecule has 0 aromatic heterocycles. The smallest absolute Gasteiger partial charge is 0.0414 e. The Balaban J connectivity index is 1.74. The summed E-state index contributed by atoms with van der Waals surface area (Å²) in [5.41, 5.74) is 9.38. The third kappa shape index (κ3) is 2.03. The van der Waals surface area contributed by atoms with Gasteiger partial charge in [0.1, 0.15) is 0 Å². The lowest BCUT2D eigenvalue weighted by Gasteiger charge is -2.54. The van der Waals surface area contributed by atoms with E-state index in [0.29, 0.717) is 5.41 Å². The molecule has 1 aliphatic carbocycles. The van der Waals surface area contributed by atoms with Crippen molar-refractivity contribution in [2.75, 3.05) is 18.0 Å². The van der Waals surface area contributed by atoms with Crippen molar-refractivity contribution >= 4 is 5.69 Å². The van der Waals surface area contributed by atoms with Crippen LogP contribution in [-0.4, -0.2) is 13.1 Å². The predicted molar refractivity (Wildman–Crippen MR) is 76.8 cm³/mol. The van der Waals surface area contributed by atoms with E-state index in [4.69, 9.17) is 5.73 Å². The van der Waals surface area contributed by atoms with E-state index in [-0.39, 0.29) is 6.04 Å². The van der Waals surface area contributed by atoms with Crippen LogP contribution in [0.25, 0.3) is 0 Å². The molecule has 1 aromatic rings. The zero-order valence-corrected chi connectivity index (χ0v) is 11.4. The largest absolute Gasteiger partial charge is 0.370 e. The number of nitrogens with two attached hydrogens (primary N) is 1. The first kappa shape index (κ1) is 12.0. The number of hydrogen-bond acceptors (Lipinski definition) is 2. The van der Waals surface area contributed by atoms with E-state index < -0.39 is 0 Å². The van der Waals surface area contributed by atoms with Crippen LogP contribution in [-0.2, 0) is 0 Å². The Morgan fingerprint density at radius 3 is 2.44 bits per heavy atom. The molecule has 1 heterocycles. The number of rotatable bonds is 2. The summed E-state index contributed by atoms with van der Waals surface area (Å²) in [6, 6.07) is 8.76. The minimum atomic E-state index is 0.129. The van der Waals surface area contributed by atoms with Gasteiger partial charge >= 0.3 is 0 Å². The first-order valence-electron chi connectivity index (χ1n) is 7.30. The van der Waals surface area contributed by atoms with E-state index in [1.54, 1.807) is 0 Å². The molecule has 2 fully saturated rings. The summed E-state index contributed by atoms with van der Waals surface area (Å²) in [5, 5.41) is 0. The average Bonchev–Trinajstić information content (AvgIpc) is 2.37. The van der Waals surface area contributed by atoms with Crippen molar-refractivity contribution < 1.29 is 0 Å². The zero-order valence-electron chi connectivity index (χ0n) is 11.4. The number of benzene rings is 1. The number of para-hydroxylation sites is 1. The molecular formula is C16H24N2. The highest BCUT2D eigenvalue weighted by molar-refractivity contribution is 5.57. The van der Waals surface area contributed by atoms with Crippen molar-refractivity contribution in [2.24, 2.45) is 11.1 Å². The molecule has 18 heavy (non-hydrogen) atoms. The normalized spacial score (nSPS) is 23.8. The lowest BCUT2D eigenvalue weighted by atomic mass is 9.68. The molecule has 98 valence electrons. The maximum atomic E-state index is 6.07. The minimum Gasteiger partial charge on any atom is -0.370 e. The Morgan fingerprint density at radius 2 is 1.78 bits per heavy atom. The van der Waals surface area contributed by atoms with Gasteiger partial charge in [-0.25, -0.2) is 0 Å². The van der Waals surface area contributed by atoms with Crippen molar-refractivity contribution in [2.45, 2.75) is 45.1 Å². The summed E-state index contributed by atoms with van der Waals surface area (Å²) in [7, 11) is 0. The second-order valence-electron chi connectivity index (χ2n) is 6.26. The topological polar surface area (TPSA) is 29.3 Å². The van der Waals surface area contributed by atoms with E-state index >= 15 is 0 Å². The number of nitrogens with zero attached hydrogens (tertiary/aromatic N) is 1. The SMILES string of the molecule is CC(N)c1ccccc1N1CC2(CCCCC2)C1. The van der Waals surface area contributed by atoms with Crippen molar-refractivity contribution in [3.8, 4) is 0 Å². The summed E-state index contributed by atoms with van der Waals surface area (Å²) in [6.07, 6.45) is 7.18. The summed E-state index contributed by atoms with van der Waals surface area (Å²) in [6.45, 7) is 4.57. The van der Waals surface area contributed by atoms with Gasteiger partial charge < -0.3 is 10.6 Å². The van der Waals surface area contributed by atoms with Gasteiger partial charge in [0.25, 0.3) is 0 Å². The second-order valence-corrected chi connectivity index (χ2v) is 6.26. The van der Waals surface area contributed by atoms with Crippen LogP contribution >= 0.6 is 0 Å². The third-order valence-electron chi connectivity index (χ3n) is 4.73. The molecule has 1 unspecified atom stereocenters. The molecule has 0 radical (unpaired) electrons. The molecule has 0 bridgehead atoms. The Bertz CT molecular complexity index is 411. The fraction of sp³-hybridized carbons (Fsp3) is 0.625. The maximum absolute atomic E-state index is 6.07. The Kier molecular flexibility index (Phi) is 3.06. The monoisotopic (exact) mass is 244 g/mol. The van der Waals surface area contributed by atoms with Gasteiger partial charge in [-0.1, -0.05) is 37.5 Å². The molecule has 1 atom stereocenters. The lowest BCUT2D eigenvalue weighted by molar-refractivity contribution is 0.139. The Morgan fingerprint density at radius 1 is 1.11 bits per heavy atom. The Hall–Kier alpha value is -1.02. The maximum Gasteiger partial charge on any atom is 0.0414 e. The summed E-state index contributed by atoms with van der Waals surface area (Å²) in [5.74, 6) is 0. The van der Waals surface area contributed by atoms with Gasteiger partial charge in [-0.2, -0.15) is 0 Å². The van der Waals surface area contributed by atoms with E-state index in [2.05, 4.69) is 36.1 Å². The molecule has 0 amide bonds. The van der Waals surface area contributed by atoms with Crippen molar-refractivity contribution in [3.63, 3.8) is 0 Å². The minimum absolute atomic E-state index is 0.129. The lowest BCUT2D eigenvalue weighted by Crippen LogP contribution is -2.57. The number of anilines is 1.